The standard InChI is InChI=1S/C15H18F2O2S/c16-15(17)19-12-8-6-11(7-9-12)14(18)10-20-13-4-2-1-3-5-13/h6-9,13,15H,1-5,10H2. The number of rotatable bonds is 6. The normalized spacial score (nSPS) is 16.4. The molecule has 1 aromatic rings. The number of carbonyl (C=O) groups excluding carboxylic acids is 1. The molecule has 0 N–H and O–H groups in total. The molecule has 0 atom stereocenters. The number of thioether (sulfide) groups is 1. The zero-order valence-electron chi connectivity index (χ0n) is 11.2. The first-order chi connectivity index (χ1) is 9.65. The average Bonchev–Trinajstić information content (AvgIpc) is 2.46. The van der Waals surface area contributed by atoms with Crippen LogP contribution in [0, 0.1) is 0 Å². The van der Waals surface area contributed by atoms with Gasteiger partial charge in [-0.05, 0) is 37.1 Å². The molecule has 0 radical (unpaired) electrons. The molecule has 0 heterocycles. The van der Waals surface area contributed by atoms with Crippen molar-refractivity contribution in [2.24, 2.45) is 0 Å². The van der Waals surface area contributed by atoms with Gasteiger partial charge in [-0.2, -0.15) is 20.5 Å². The lowest BCUT2D eigenvalue weighted by molar-refractivity contribution is -0.0498. The lowest BCUT2D eigenvalue weighted by Crippen LogP contribution is -2.12. The number of ketones is 1. The number of Topliss-reactive ketones (excluding diaryl/α,β-unsaturated/α-hetero) is 1. The van der Waals surface area contributed by atoms with E-state index in [-0.39, 0.29) is 11.5 Å². The Morgan fingerprint density at radius 1 is 1.20 bits per heavy atom. The molecule has 1 aliphatic carbocycles. The fraction of sp³-hybridized carbons (Fsp3) is 0.533. The van der Waals surface area contributed by atoms with Gasteiger partial charge in [-0.25, -0.2) is 0 Å². The molecule has 1 fully saturated rings. The van der Waals surface area contributed by atoms with Gasteiger partial charge in [0.15, 0.2) is 5.78 Å². The van der Waals surface area contributed by atoms with Crippen molar-refractivity contribution in [1.29, 1.82) is 0 Å². The van der Waals surface area contributed by atoms with Gasteiger partial charge < -0.3 is 4.74 Å². The largest absolute Gasteiger partial charge is 0.435 e. The molecule has 1 aromatic carbocycles. The third-order valence-corrected chi connectivity index (χ3v) is 4.78. The number of alkyl halides is 2. The number of benzene rings is 1. The Hall–Kier alpha value is -1.10. The minimum Gasteiger partial charge on any atom is -0.435 e. The summed E-state index contributed by atoms with van der Waals surface area (Å²) >= 11 is 1.71. The van der Waals surface area contributed by atoms with Crippen molar-refractivity contribution in [1.82, 2.24) is 0 Å². The highest BCUT2D eigenvalue weighted by Gasteiger charge is 2.16. The van der Waals surface area contributed by atoms with Crippen molar-refractivity contribution < 1.29 is 18.3 Å². The number of hydrogen-bond donors (Lipinski definition) is 0. The van der Waals surface area contributed by atoms with Crippen LogP contribution in [0.15, 0.2) is 24.3 Å². The van der Waals surface area contributed by atoms with E-state index in [1.54, 1.807) is 23.9 Å². The Morgan fingerprint density at radius 2 is 1.85 bits per heavy atom. The van der Waals surface area contributed by atoms with Crippen molar-refractivity contribution in [3.63, 3.8) is 0 Å². The molecule has 0 aromatic heterocycles. The van der Waals surface area contributed by atoms with E-state index >= 15 is 0 Å². The van der Waals surface area contributed by atoms with Crippen LogP contribution in [0.2, 0.25) is 0 Å². The molecule has 20 heavy (non-hydrogen) atoms. The number of hydrogen-bond acceptors (Lipinski definition) is 3. The molecule has 110 valence electrons. The fourth-order valence-electron chi connectivity index (χ4n) is 2.33. The van der Waals surface area contributed by atoms with E-state index in [4.69, 9.17) is 0 Å². The predicted octanol–water partition coefficient (Wildman–Crippen LogP) is 4.54. The van der Waals surface area contributed by atoms with E-state index in [1.807, 2.05) is 0 Å². The molecule has 1 saturated carbocycles. The van der Waals surface area contributed by atoms with E-state index in [0.717, 1.165) is 0 Å². The van der Waals surface area contributed by atoms with Crippen LogP contribution in [0.5, 0.6) is 5.75 Å². The monoisotopic (exact) mass is 300 g/mol. The average molecular weight is 300 g/mol. The summed E-state index contributed by atoms with van der Waals surface area (Å²) < 4.78 is 28.3. The van der Waals surface area contributed by atoms with Gasteiger partial charge in [-0.15, -0.1) is 0 Å². The molecule has 1 aliphatic rings. The Bertz CT molecular complexity index is 428. The Morgan fingerprint density at radius 3 is 2.45 bits per heavy atom. The summed E-state index contributed by atoms with van der Waals surface area (Å²) in [4.78, 5) is 12.0. The van der Waals surface area contributed by atoms with Crippen molar-refractivity contribution in [3.8, 4) is 5.75 Å². The van der Waals surface area contributed by atoms with Crippen LogP contribution in [0.4, 0.5) is 8.78 Å². The number of carbonyl (C=O) groups is 1. The highest BCUT2D eigenvalue weighted by Crippen LogP contribution is 2.28. The van der Waals surface area contributed by atoms with Gasteiger partial charge in [0.05, 0.1) is 5.75 Å². The Kier molecular flexibility index (Phi) is 5.83. The smallest absolute Gasteiger partial charge is 0.387 e. The van der Waals surface area contributed by atoms with Crippen LogP contribution in [-0.2, 0) is 0 Å². The molecular weight excluding hydrogens is 282 g/mol. The lowest BCUT2D eigenvalue weighted by atomic mass is 10.0. The van der Waals surface area contributed by atoms with Gasteiger partial charge in [0, 0.05) is 10.8 Å². The summed E-state index contributed by atoms with van der Waals surface area (Å²) in [7, 11) is 0. The molecule has 2 rings (SSSR count). The number of ether oxygens (including phenoxy) is 1. The summed E-state index contributed by atoms with van der Waals surface area (Å²) in [6.07, 6.45) is 6.20. The summed E-state index contributed by atoms with van der Waals surface area (Å²) in [6, 6.07) is 5.90. The van der Waals surface area contributed by atoms with Crippen molar-refractivity contribution >= 4 is 17.5 Å². The van der Waals surface area contributed by atoms with Gasteiger partial charge in [0.2, 0.25) is 0 Å². The second-order valence-electron chi connectivity index (χ2n) is 4.90. The summed E-state index contributed by atoms with van der Waals surface area (Å²) in [5.41, 5.74) is 0.551. The topological polar surface area (TPSA) is 26.3 Å². The van der Waals surface area contributed by atoms with E-state index in [2.05, 4.69) is 4.74 Å². The van der Waals surface area contributed by atoms with Crippen LogP contribution in [0.1, 0.15) is 42.5 Å². The quantitative estimate of drug-likeness (QED) is 0.722. The highest BCUT2D eigenvalue weighted by atomic mass is 32.2. The van der Waals surface area contributed by atoms with Crippen molar-refractivity contribution in [2.75, 3.05) is 5.75 Å². The van der Waals surface area contributed by atoms with E-state index < -0.39 is 6.61 Å². The molecule has 0 spiro atoms. The van der Waals surface area contributed by atoms with Crippen LogP contribution in [-0.4, -0.2) is 23.4 Å². The van der Waals surface area contributed by atoms with Gasteiger partial charge in [-0.3, -0.25) is 4.79 Å². The van der Waals surface area contributed by atoms with Gasteiger partial charge in [0.1, 0.15) is 5.75 Å². The maximum Gasteiger partial charge on any atom is 0.387 e. The van der Waals surface area contributed by atoms with Crippen LogP contribution in [0.3, 0.4) is 0 Å². The SMILES string of the molecule is O=C(CSC1CCCCC1)c1ccc(OC(F)F)cc1. The van der Waals surface area contributed by atoms with E-state index in [9.17, 15) is 13.6 Å². The third-order valence-electron chi connectivity index (χ3n) is 3.40. The minimum atomic E-state index is -2.83. The first-order valence-electron chi connectivity index (χ1n) is 6.85. The summed E-state index contributed by atoms with van der Waals surface area (Å²) in [6.45, 7) is -2.83. The predicted molar refractivity (Wildman–Crippen MR) is 76.7 cm³/mol. The molecule has 0 amide bonds. The fourth-order valence-corrected chi connectivity index (χ4v) is 3.55. The highest BCUT2D eigenvalue weighted by molar-refractivity contribution is 8.00. The Balaban J connectivity index is 1.82. The van der Waals surface area contributed by atoms with Crippen molar-refractivity contribution in [3.05, 3.63) is 29.8 Å². The van der Waals surface area contributed by atoms with E-state index in [0.29, 0.717) is 16.6 Å². The first-order valence-corrected chi connectivity index (χ1v) is 7.89. The maximum absolute atomic E-state index is 12.0. The maximum atomic E-state index is 12.0. The molecule has 0 unspecified atom stereocenters. The first kappa shape index (κ1) is 15.3. The summed E-state index contributed by atoms with van der Waals surface area (Å²) in [5, 5.41) is 0.592. The van der Waals surface area contributed by atoms with E-state index in [1.165, 1.54) is 44.2 Å². The van der Waals surface area contributed by atoms with Crippen LogP contribution < -0.4 is 4.74 Å². The molecule has 5 heteroatoms. The number of halogens is 2. The lowest BCUT2D eigenvalue weighted by Gasteiger charge is -2.20. The molecule has 2 nitrogen and oxygen atoms in total. The Labute approximate surface area is 121 Å². The zero-order chi connectivity index (χ0) is 14.4. The molecule has 0 bridgehead atoms. The minimum absolute atomic E-state index is 0.0455. The van der Waals surface area contributed by atoms with Crippen LogP contribution >= 0.6 is 11.8 Å². The van der Waals surface area contributed by atoms with Crippen LogP contribution in [0.25, 0.3) is 0 Å². The third kappa shape index (κ3) is 4.78. The second kappa shape index (κ2) is 7.62. The van der Waals surface area contributed by atoms with Gasteiger partial charge in [-0.1, -0.05) is 19.3 Å². The molecular formula is C15H18F2O2S. The second-order valence-corrected chi connectivity index (χ2v) is 6.19. The summed E-state index contributed by atoms with van der Waals surface area (Å²) in [5.74, 6) is 0.584. The van der Waals surface area contributed by atoms with Gasteiger partial charge >= 0.3 is 6.61 Å². The van der Waals surface area contributed by atoms with Gasteiger partial charge in [0.25, 0.3) is 0 Å². The van der Waals surface area contributed by atoms with Crippen molar-refractivity contribution in [2.45, 2.75) is 44.0 Å². The molecule has 0 aliphatic heterocycles. The zero-order valence-corrected chi connectivity index (χ0v) is 12.0. The molecule has 0 saturated heterocycles.